The van der Waals surface area contributed by atoms with Gasteiger partial charge < -0.3 is 9.47 Å². The van der Waals surface area contributed by atoms with Gasteiger partial charge in [-0.2, -0.15) is 9.29 Å². The van der Waals surface area contributed by atoms with Gasteiger partial charge in [0.25, 0.3) is 0 Å². The molecule has 0 radical (unpaired) electrons. The van der Waals surface area contributed by atoms with Crippen LogP contribution in [0.1, 0.15) is 30.4 Å². The van der Waals surface area contributed by atoms with Gasteiger partial charge in [0.2, 0.25) is 10.0 Å². The van der Waals surface area contributed by atoms with Crippen LogP contribution < -0.4 is 9.47 Å². The zero-order valence-corrected chi connectivity index (χ0v) is 17.8. The minimum Gasteiger partial charge on any atom is -0.497 e. The van der Waals surface area contributed by atoms with Crippen molar-refractivity contribution >= 4 is 21.6 Å². The highest BCUT2D eigenvalue weighted by molar-refractivity contribution is 7.89. The van der Waals surface area contributed by atoms with Crippen LogP contribution in [0.3, 0.4) is 0 Å². The van der Waals surface area contributed by atoms with Crippen LogP contribution in [0.5, 0.6) is 11.8 Å². The second kappa shape index (κ2) is 8.63. The maximum atomic E-state index is 13.4. The summed E-state index contributed by atoms with van der Waals surface area (Å²) in [5, 5.41) is 0.303. The number of hydrogen-bond acceptors (Lipinski definition) is 6. The van der Waals surface area contributed by atoms with Crippen molar-refractivity contribution in [2.45, 2.75) is 44.0 Å². The molecule has 0 saturated heterocycles. The minimum atomic E-state index is -3.61. The first-order valence-electron chi connectivity index (χ1n) is 9.11. The smallest absolute Gasteiger partial charge is 0.317 e. The summed E-state index contributed by atoms with van der Waals surface area (Å²) in [7, 11) is -2.03. The number of sulfonamides is 1. The maximum Gasteiger partial charge on any atom is 0.317 e. The van der Waals surface area contributed by atoms with Crippen LogP contribution >= 0.6 is 11.6 Å². The van der Waals surface area contributed by atoms with E-state index in [2.05, 4.69) is 9.97 Å². The summed E-state index contributed by atoms with van der Waals surface area (Å²) in [4.78, 5) is 8.30. The number of nitrogens with zero attached hydrogens (tertiary/aromatic N) is 3. The average molecular weight is 426 g/mol. The first kappa shape index (κ1) is 20.8. The number of methoxy groups -OCH3 is 1. The fourth-order valence-corrected chi connectivity index (χ4v) is 5.46. The van der Waals surface area contributed by atoms with E-state index in [4.69, 9.17) is 21.1 Å². The van der Waals surface area contributed by atoms with Crippen molar-refractivity contribution < 1.29 is 17.9 Å². The largest absolute Gasteiger partial charge is 0.497 e. The lowest BCUT2D eigenvalue weighted by atomic mass is 10.1. The highest BCUT2D eigenvalue weighted by atomic mass is 35.5. The average Bonchev–Trinajstić information content (AvgIpc) is 3.45. The van der Waals surface area contributed by atoms with Crippen LogP contribution in [0, 0.1) is 13.8 Å². The van der Waals surface area contributed by atoms with Crippen molar-refractivity contribution in [3.8, 4) is 11.8 Å². The number of halogens is 1. The predicted molar refractivity (Wildman–Crippen MR) is 107 cm³/mol. The first-order valence-corrected chi connectivity index (χ1v) is 10.9. The summed E-state index contributed by atoms with van der Waals surface area (Å²) < 4.78 is 39.1. The van der Waals surface area contributed by atoms with Crippen molar-refractivity contribution in [3.05, 3.63) is 40.7 Å². The molecule has 0 amide bonds. The molecule has 7 nitrogen and oxygen atoms in total. The van der Waals surface area contributed by atoms with Crippen LogP contribution in [0.4, 0.5) is 0 Å². The maximum absolute atomic E-state index is 13.4. The van der Waals surface area contributed by atoms with Gasteiger partial charge in [0.15, 0.2) is 0 Å². The summed E-state index contributed by atoms with van der Waals surface area (Å²) in [6.07, 6.45) is 3.80. The minimum absolute atomic E-state index is 0.0494. The van der Waals surface area contributed by atoms with Gasteiger partial charge in [-0.05, 0) is 62.4 Å². The number of ether oxygens (including phenoxy) is 2. The molecule has 28 heavy (non-hydrogen) atoms. The Balaban J connectivity index is 1.71. The summed E-state index contributed by atoms with van der Waals surface area (Å²) in [5.41, 5.74) is 1.37. The van der Waals surface area contributed by atoms with E-state index >= 15 is 0 Å². The Kier molecular flexibility index (Phi) is 6.42. The van der Waals surface area contributed by atoms with Gasteiger partial charge in [0.1, 0.15) is 10.9 Å². The lowest BCUT2D eigenvalue weighted by Gasteiger charge is -2.24. The van der Waals surface area contributed by atoms with E-state index in [0.29, 0.717) is 46.5 Å². The third-order valence-electron chi connectivity index (χ3n) is 4.54. The van der Waals surface area contributed by atoms with Crippen LogP contribution in [0.15, 0.2) is 29.3 Å². The van der Waals surface area contributed by atoms with E-state index in [0.717, 1.165) is 12.8 Å². The lowest BCUT2D eigenvalue weighted by molar-refractivity contribution is 0.268. The van der Waals surface area contributed by atoms with Gasteiger partial charge in [-0.1, -0.05) is 11.6 Å². The lowest BCUT2D eigenvalue weighted by Crippen LogP contribution is -2.35. The molecule has 0 unspecified atom stereocenters. The molecule has 1 aromatic carbocycles. The van der Waals surface area contributed by atoms with Gasteiger partial charge in [0.05, 0.1) is 18.6 Å². The zero-order valence-electron chi connectivity index (χ0n) is 16.2. The molecule has 2 aromatic rings. The Morgan fingerprint density at radius 2 is 1.93 bits per heavy atom. The van der Waals surface area contributed by atoms with Crippen molar-refractivity contribution in [1.82, 2.24) is 14.3 Å². The Bertz CT molecular complexity index is 925. The van der Waals surface area contributed by atoms with E-state index in [-0.39, 0.29) is 12.1 Å². The topological polar surface area (TPSA) is 81.6 Å². The molecule has 1 aliphatic rings. The quantitative estimate of drug-likeness (QED) is 0.452. The van der Waals surface area contributed by atoms with E-state index in [1.807, 2.05) is 0 Å². The number of rotatable bonds is 9. The normalized spacial score (nSPS) is 14.3. The molecule has 0 spiro atoms. The van der Waals surface area contributed by atoms with Crippen molar-refractivity contribution in [2.24, 2.45) is 0 Å². The van der Waals surface area contributed by atoms with Crippen LogP contribution in [-0.4, -0.2) is 49.0 Å². The van der Waals surface area contributed by atoms with Gasteiger partial charge in [0, 0.05) is 18.8 Å². The fourth-order valence-electron chi connectivity index (χ4n) is 3.19. The molecule has 0 bridgehead atoms. The highest BCUT2D eigenvalue weighted by Gasteiger charge is 2.39. The molecule has 1 aliphatic carbocycles. The predicted octanol–water partition coefficient (Wildman–Crippen LogP) is 3.38. The number of aryl methyl sites for hydroxylation is 2. The molecule has 152 valence electrons. The standard InChI is InChI=1S/C19H24ClN3O4S/c1-13-11-16(26-3)12-14(2)18(13)28(24,25)23(15-5-6-15)9-4-10-27-19-21-8-7-17(20)22-19/h7-8,11-12,15H,4-6,9-10H2,1-3H3. The fraction of sp³-hybridized carbons (Fsp3) is 0.474. The van der Waals surface area contributed by atoms with Crippen molar-refractivity contribution in [1.29, 1.82) is 0 Å². The molecule has 1 fully saturated rings. The summed E-state index contributed by atoms with van der Waals surface area (Å²) in [5.74, 6) is 0.654. The molecule has 0 N–H and O–H groups in total. The number of hydrogen-bond donors (Lipinski definition) is 0. The van der Waals surface area contributed by atoms with Gasteiger partial charge in [-0.3, -0.25) is 0 Å². The Morgan fingerprint density at radius 1 is 1.25 bits per heavy atom. The first-order chi connectivity index (χ1) is 13.3. The zero-order chi connectivity index (χ0) is 20.3. The van der Waals surface area contributed by atoms with E-state index in [1.165, 1.54) is 6.20 Å². The van der Waals surface area contributed by atoms with Gasteiger partial charge >= 0.3 is 6.01 Å². The Labute approximate surface area is 170 Å². The third kappa shape index (κ3) is 4.74. The Hall–Kier alpha value is -1.90. The number of aromatic nitrogens is 2. The van der Waals surface area contributed by atoms with Crippen LogP contribution in [0.2, 0.25) is 5.15 Å². The third-order valence-corrected chi connectivity index (χ3v) is 7.01. The number of benzene rings is 1. The van der Waals surface area contributed by atoms with E-state index in [9.17, 15) is 8.42 Å². The van der Waals surface area contributed by atoms with Crippen LogP contribution in [-0.2, 0) is 10.0 Å². The van der Waals surface area contributed by atoms with E-state index in [1.54, 1.807) is 43.5 Å². The molecule has 1 aromatic heterocycles. The SMILES string of the molecule is COc1cc(C)c(S(=O)(=O)N(CCCOc2nccc(Cl)n2)C2CC2)c(C)c1. The Morgan fingerprint density at radius 3 is 2.50 bits per heavy atom. The molecular weight excluding hydrogens is 402 g/mol. The second-order valence-corrected chi connectivity index (χ2v) is 9.02. The summed E-state index contributed by atoms with van der Waals surface area (Å²) in [6.45, 7) is 4.28. The molecular formula is C19H24ClN3O4S. The molecule has 3 rings (SSSR count). The molecule has 1 saturated carbocycles. The monoisotopic (exact) mass is 425 g/mol. The molecule has 0 aliphatic heterocycles. The van der Waals surface area contributed by atoms with Crippen molar-refractivity contribution in [2.75, 3.05) is 20.3 Å². The van der Waals surface area contributed by atoms with Crippen molar-refractivity contribution in [3.63, 3.8) is 0 Å². The van der Waals surface area contributed by atoms with Gasteiger partial charge in [-0.25, -0.2) is 13.4 Å². The van der Waals surface area contributed by atoms with Gasteiger partial charge in [-0.15, -0.1) is 0 Å². The molecule has 1 heterocycles. The summed E-state index contributed by atoms with van der Waals surface area (Å²) in [6, 6.07) is 5.31. The molecule has 0 atom stereocenters. The second-order valence-electron chi connectivity index (χ2n) is 6.80. The van der Waals surface area contributed by atoms with E-state index < -0.39 is 10.0 Å². The highest BCUT2D eigenvalue weighted by Crippen LogP contribution is 2.35. The summed E-state index contributed by atoms with van der Waals surface area (Å²) >= 11 is 5.81. The molecule has 9 heteroatoms. The van der Waals surface area contributed by atoms with Crippen LogP contribution in [0.25, 0.3) is 0 Å².